The lowest BCUT2D eigenvalue weighted by molar-refractivity contribution is 0.210. The number of nitrogens with zero attached hydrogens (tertiary/aromatic N) is 1. The second kappa shape index (κ2) is 7.86. The van der Waals surface area contributed by atoms with Gasteiger partial charge in [0.1, 0.15) is 5.75 Å². The molecule has 1 N–H and O–H groups in total. The van der Waals surface area contributed by atoms with Crippen LogP contribution in [0.2, 0.25) is 0 Å². The van der Waals surface area contributed by atoms with Crippen LogP contribution in [0.1, 0.15) is 31.2 Å². The Morgan fingerprint density at radius 2 is 1.75 bits per heavy atom. The van der Waals surface area contributed by atoms with Crippen LogP contribution < -0.4 is 10.1 Å². The highest BCUT2D eigenvalue weighted by atomic mass is 16.5. The molecule has 1 saturated carbocycles. The van der Waals surface area contributed by atoms with Crippen molar-refractivity contribution in [3.63, 3.8) is 0 Å². The monoisotopic (exact) mass is 324 g/mol. The summed E-state index contributed by atoms with van der Waals surface area (Å²) in [6.07, 6.45) is 5.15. The molecule has 0 bridgehead atoms. The van der Waals surface area contributed by atoms with Crippen LogP contribution in [0.25, 0.3) is 0 Å². The Bertz CT molecular complexity index is 649. The van der Waals surface area contributed by atoms with Crippen molar-refractivity contribution in [2.24, 2.45) is 0 Å². The van der Waals surface area contributed by atoms with Crippen LogP contribution in [0.4, 0.5) is 10.5 Å². The van der Waals surface area contributed by atoms with E-state index in [1.807, 2.05) is 54.6 Å². The number of nitrogens with one attached hydrogen (secondary N) is 1. The Kier molecular flexibility index (Phi) is 5.36. The fourth-order valence-corrected chi connectivity index (χ4v) is 2.96. The number of hydrogen-bond donors (Lipinski definition) is 1. The molecule has 3 rings (SSSR count). The normalized spacial score (nSPS) is 14.4. The fraction of sp³-hybridized carbons (Fsp3) is 0.350. The highest BCUT2D eigenvalue weighted by molar-refractivity contribution is 5.89. The molecular formula is C20H24N2O2. The molecule has 0 spiro atoms. The van der Waals surface area contributed by atoms with Gasteiger partial charge < -0.3 is 15.0 Å². The average molecular weight is 324 g/mol. The van der Waals surface area contributed by atoms with E-state index in [0.717, 1.165) is 29.8 Å². The van der Waals surface area contributed by atoms with Crippen molar-refractivity contribution in [2.75, 3.05) is 12.4 Å². The van der Waals surface area contributed by atoms with Crippen LogP contribution in [0.5, 0.6) is 5.75 Å². The van der Waals surface area contributed by atoms with E-state index >= 15 is 0 Å². The number of ether oxygens (including phenoxy) is 1. The number of carbonyl (C=O) groups is 1. The van der Waals surface area contributed by atoms with Crippen molar-refractivity contribution in [3.8, 4) is 5.75 Å². The van der Waals surface area contributed by atoms with Gasteiger partial charge in [0.25, 0.3) is 0 Å². The zero-order chi connectivity index (χ0) is 16.8. The van der Waals surface area contributed by atoms with Crippen LogP contribution in [-0.2, 0) is 6.54 Å². The number of urea groups is 1. The smallest absolute Gasteiger partial charge is 0.321 e. The summed E-state index contributed by atoms with van der Waals surface area (Å²) in [5.74, 6) is 0.873. The van der Waals surface area contributed by atoms with Gasteiger partial charge in [-0.15, -0.1) is 0 Å². The zero-order valence-corrected chi connectivity index (χ0v) is 14.1. The Morgan fingerprint density at radius 3 is 2.42 bits per heavy atom. The number of benzene rings is 2. The predicted octanol–water partition coefficient (Wildman–Crippen LogP) is 4.67. The molecule has 0 heterocycles. The first-order valence-corrected chi connectivity index (χ1v) is 8.53. The molecule has 126 valence electrons. The lowest BCUT2D eigenvalue weighted by Crippen LogP contribution is -2.30. The lowest BCUT2D eigenvalue weighted by atomic mass is 10.2. The lowest BCUT2D eigenvalue weighted by Gasteiger charge is -2.18. The second-order valence-electron chi connectivity index (χ2n) is 6.32. The Labute approximate surface area is 143 Å². The van der Waals surface area contributed by atoms with Crippen LogP contribution in [0.15, 0.2) is 54.6 Å². The number of rotatable bonds is 5. The summed E-state index contributed by atoms with van der Waals surface area (Å²) in [6.45, 7) is 0.579. The largest absolute Gasteiger partial charge is 0.490 e. The molecule has 4 nitrogen and oxygen atoms in total. The summed E-state index contributed by atoms with van der Waals surface area (Å²) in [7, 11) is 1.79. The third-order valence-corrected chi connectivity index (χ3v) is 4.32. The van der Waals surface area contributed by atoms with E-state index in [0.29, 0.717) is 12.6 Å². The SMILES string of the molecule is CN(Cc1ccccc1)C(=O)Nc1ccc(OC2CCCC2)cc1. The Hall–Kier alpha value is -2.49. The topological polar surface area (TPSA) is 41.6 Å². The fourth-order valence-electron chi connectivity index (χ4n) is 2.96. The van der Waals surface area contributed by atoms with Crippen LogP contribution in [0.3, 0.4) is 0 Å². The molecule has 2 aromatic carbocycles. The number of hydrogen-bond acceptors (Lipinski definition) is 2. The van der Waals surface area contributed by atoms with Gasteiger partial charge in [0.15, 0.2) is 0 Å². The molecule has 0 saturated heterocycles. The average Bonchev–Trinajstić information content (AvgIpc) is 3.10. The van der Waals surface area contributed by atoms with Crippen LogP contribution in [0, 0.1) is 0 Å². The van der Waals surface area contributed by atoms with Gasteiger partial charge in [-0.2, -0.15) is 0 Å². The van der Waals surface area contributed by atoms with E-state index in [1.54, 1.807) is 11.9 Å². The van der Waals surface area contributed by atoms with E-state index < -0.39 is 0 Å². The van der Waals surface area contributed by atoms with Crippen molar-refractivity contribution < 1.29 is 9.53 Å². The first-order valence-electron chi connectivity index (χ1n) is 8.53. The van der Waals surface area contributed by atoms with Gasteiger partial charge in [-0.1, -0.05) is 30.3 Å². The minimum absolute atomic E-state index is 0.122. The van der Waals surface area contributed by atoms with Crippen molar-refractivity contribution in [3.05, 3.63) is 60.2 Å². The number of amides is 2. The van der Waals surface area contributed by atoms with Crippen molar-refractivity contribution >= 4 is 11.7 Å². The van der Waals surface area contributed by atoms with Crippen LogP contribution in [-0.4, -0.2) is 24.1 Å². The van der Waals surface area contributed by atoms with Gasteiger partial charge in [0.05, 0.1) is 6.10 Å². The molecule has 4 heteroatoms. The number of anilines is 1. The maximum atomic E-state index is 12.3. The summed E-state index contributed by atoms with van der Waals surface area (Å²) in [5.41, 5.74) is 1.88. The molecule has 0 aliphatic heterocycles. The number of carbonyl (C=O) groups excluding carboxylic acids is 1. The molecule has 2 amide bonds. The quantitative estimate of drug-likeness (QED) is 0.868. The first-order chi connectivity index (χ1) is 11.7. The van der Waals surface area contributed by atoms with Gasteiger partial charge >= 0.3 is 6.03 Å². The van der Waals surface area contributed by atoms with Crippen LogP contribution >= 0.6 is 0 Å². The van der Waals surface area contributed by atoms with E-state index in [-0.39, 0.29) is 6.03 Å². The molecule has 0 atom stereocenters. The molecule has 24 heavy (non-hydrogen) atoms. The third kappa shape index (κ3) is 4.51. The summed E-state index contributed by atoms with van der Waals surface area (Å²) < 4.78 is 5.94. The molecule has 0 unspecified atom stereocenters. The summed E-state index contributed by atoms with van der Waals surface area (Å²) >= 11 is 0. The van der Waals surface area contributed by atoms with E-state index in [1.165, 1.54) is 12.8 Å². The van der Waals surface area contributed by atoms with Gasteiger partial charge in [0.2, 0.25) is 0 Å². The minimum Gasteiger partial charge on any atom is -0.490 e. The highest BCUT2D eigenvalue weighted by Crippen LogP contribution is 2.25. The molecule has 2 aromatic rings. The van der Waals surface area contributed by atoms with Crippen molar-refractivity contribution in [1.29, 1.82) is 0 Å². The van der Waals surface area contributed by atoms with E-state index in [2.05, 4.69) is 5.32 Å². The highest BCUT2D eigenvalue weighted by Gasteiger charge is 2.16. The van der Waals surface area contributed by atoms with Gasteiger partial charge in [0, 0.05) is 19.3 Å². The third-order valence-electron chi connectivity index (χ3n) is 4.32. The molecule has 1 aliphatic rings. The van der Waals surface area contributed by atoms with Gasteiger partial charge in [-0.3, -0.25) is 0 Å². The van der Waals surface area contributed by atoms with Gasteiger partial charge in [-0.05, 0) is 55.5 Å². The molecule has 0 radical (unpaired) electrons. The summed E-state index contributed by atoms with van der Waals surface area (Å²) in [4.78, 5) is 13.9. The van der Waals surface area contributed by atoms with Crippen molar-refractivity contribution in [2.45, 2.75) is 38.3 Å². The maximum Gasteiger partial charge on any atom is 0.321 e. The molecular weight excluding hydrogens is 300 g/mol. The van der Waals surface area contributed by atoms with E-state index in [9.17, 15) is 4.79 Å². The first kappa shape index (κ1) is 16.4. The minimum atomic E-state index is -0.122. The Morgan fingerprint density at radius 1 is 1.08 bits per heavy atom. The summed E-state index contributed by atoms with van der Waals surface area (Å²) in [5, 5.41) is 2.91. The Balaban J connectivity index is 1.52. The summed E-state index contributed by atoms with van der Waals surface area (Å²) in [6, 6.07) is 17.4. The van der Waals surface area contributed by atoms with Gasteiger partial charge in [-0.25, -0.2) is 4.79 Å². The maximum absolute atomic E-state index is 12.3. The van der Waals surface area contributed by atoms with Crippen molar-refractivity contribution in [1.82, 2.24) is 4.90 Å². The van der Waals surface area contributed by atoms with E-state index in [4.69, 9.17) is 4.74 Å². The molecule has 1 aliphatic carbocycles. The predicted molar refractivity (Wildman–Crippen MR) is 96.3 cm³/mol. The standard InChI is InChI=1S/C20H24N2O2/c1-22(15-16-7-3-2-4-8-16)20(23)21-17-11-13-19(14-12-17)24-18-9-5-6-10-18/h2-4,7-8,11-14,18H,5-6,9-10,15H2,1H3,(H,21,23). The zero-order valence-electron chi connectivity index (χ0n) is 14.1. The molecule has 1 fully saturated rings. The molecule has 0 aromatic heterocycles. The second-order valence-corrected chi connectivity index (χ2v) is 6.32.